The van der Waals surface area contributed by atoms with Crippen LogP contribution >= 0.6 is 0 Å². The fraction of sp³-hybridized carbons (Fsp3) is 0.500. The first-order valence-electron chi connectivity index (χ1n) is 13.0. The monoisotopic (exact) mass is 614 g/mol. The van der Waals surface area contributed by atoms with Crippen molar-refractivity contribution in [2.24, 2.45) is 11.3 Å². The van der Waals surface area contributed by atoms with Gasteiger partial charge in [-0.3, -0.25) is 6.08 Å². The SMILES string of the molecule is CCC1[C-]=CC(C(C)(C)C)=C1.Cc1cc2[cH-]c3cc(C)c(C(C)(C)C)cc3c2cc1C(C)(C)C.[Cl-].[Cl-].[Zr+4]. The first kappa shape index (κ1) is 36.3. The Kier molecular flexibility index (Phi) is 12.8. The van der Waals surface area contributed by atoms with Gasteiger partial charge in [0.1, 0.15) is 0 Å². The van der Waals surface area contributed by atoms with Crippen molar-refractivity contribution in [2.75, 3.05) is 0 Å². The molecule has 0 saturated heterocycles. The Morgan fingerprint density at radius 2 is 1.11 bits per heavy atom. The van der Waals surface area contributed by atoms with Crippen LogP contribution in [0.4, 0.5) is 0 Å². The van der Waals surface area contributed by atoms with E-state index in [4.69, 9.17) is 0 Å². The van der Waals surface area contributed by atoms with Gasteiger partial charge in [0.25, 0.3) is 0 Å². The molecule has 200 valence electrons. The number of rotatable bonds is 1. The van der Waals surface area contributed by atoms with Crippen molar-refractivity contribution in [1.82, 2.24) is 0 Å². The summed E-state index contributed by atoms with van der Waals surface area (Å²) < 4.78 is 0. The van der Waals surface area contributed by atoms with Gasteiger partial charge in [0.2, 0.25) is 0 Å². The standard InChI is InChI=1S/C23H29.C11H17.2ClH.Zr/c1-14-9-16-11-17-10-15(2)21(23(6,7)8)13-19(17)18(16)12-20(14)22(3,4)5;1-5-9-6-7-10(8-9)11(2,3)4;;;/h9-13H,1-8H3;7-9H,5H2,1-4H3;2*1H;/q2*-1;;;+4/p-2. The summed E-state index contributed by atoms with van der Waals surface area (Å²) in [6.07, 6.45) is 9.00. The zero-order valence-corrected chi connectivity index (χ0v) is 29.1. The zero-order valence-electron chi connectivity index (χ0n) is 25.1. The van der Waals surface area contributed by atoms with Crippen LogP contribution in [0.25, 0.3) is 21.5 Å². The molecule has 0 radical (unpaired) electrons. The number of hydrogen-bond acceptors (Lipinski definition) is 0. The molecule has 0 amide bonds. The van der Waals surface area contributed by atoms with Crippen molar-refractivity contribution in [3.63, 3.8) is 0 Å². The molecule has 1 unspecified atom stereocenters. The maximum atomic E-state index is 3.35. The molecule has 0 saturated carbocycles. The molecule has 0 nitrogen and oxygen atoms in total. The largest absolute Gasteiger partial charge is 4.00 e. The number of hydrogen-bond donors (Lipinski definition) is 0. The van der Waals surface area contributed by atoms with Gasteiger partial charge >= 0.3 is 26.2 Å². The van der Waals surface area contributed by atoms with Crippen molar-refractivity contribution in [2.45, 2.75) is 100 Å². The second-order valence-electron chi connectivity index (χ2n) is 13.4. The Morgan fingerprint density at radius 3 is 1.38 bits per heavy atom. The molecule has 4 rings (SSSR count). The van der Waals surface area contributed by atoms with E-state index in [0.29, 0.717) is 11.3 Å². The van der Waals surface area contributed by atoms with Crippen molar-refractivity contribution < 1.29 is 51.0 Å². The molecule has 1 atom stereocenters. The minimum absolute atomic E-state index is 0. The Hall–Kier alpha value is -0.747. The first-order chi connectivity index (χ1) is 15.5. The zero-order chi connectivity index (χ0) is 25.6. The average molecular weight is 617 g/mol. The molecule has 0 aromatic heterocycles. The molecule has 0 N–H and O–H groups in total. The summed E-state index contributed by atoms with van der Waals surface area (Å²) in [7, 11) is 0. The summed E-state index contributed by atoms with van der Waals surface area (Å²) in [6.45, 7) is 27.2. The molecule has 0 spiro atoms. The van der Waals surface area contributed by atoms with Gasteiger partial charge in [-0.05, 0) is 24.7 Å². The van der Waals surface area contributed by atoms with Gasteiger partial charge in [-0.2, -0.15) is 11.6 Å². The maximum Gasteiger partial charge on any atom is 4.00 e. The van der Waals surface area contributed by atoms with Crippen molar-refractivity contribution in [1.29, 1.82) is 0 Å². The number of benzene rings is 2. The van der Waals surface area contributed by atoms with E-state index < -0.39 is 0 Å². The van der Waals surface area contributed by atoms with E-state index in [0.717, 1.165) is 0 Å². The summed E-state index contributed by atoms with van der Waals surface area (Å²) in [5.41, 5.74) is 7.80. The van der Waals surface area contributed by atoms with Crippen LogP contribution in [0.1, 0.15) is 97.9 Å². The van der Waals surface area contributed by atoms with E-state index >= 15 is 0 Å². The molecule has 1 aliphatic rings. The molecule has 37 heavy (non-hydrogen) atoms. The molecule has 1 aliphatic carbocycles. The van der Waals surface area contributed by atoms with E-state index in [9.17, 15) is 0 Å². The van der Waals surface area contributed by atoms with Crippen LogP contribution in [-0.4, -0.2) is 0 Å². The van der Waals surface area contributed by atoms with Crippen molar-refractivity contribution in [3.05, 3.63) is 76.4 Å². The van der Waals surface area contributed by atoms with E-state index in [1.807, 2.05) is 0 Å². The van der Waals surface area contributed by atoms with Crippen LogP contribution < -0.4 is 24.8 Å². The topological polar surface area (TPSA) is 0 Å². The molecule has 3 heteroatoms. The number of halogens is 2. The summed E-state index contributed by atoms with van der Waals surface area (Å²) in [4.78, 5) is 0. The summed E-state index contributed by atoms with van der Waals surface area (Å²) in [5.74, 6) is 0.573. The van der Waals surface area contributed by atoms with Gasteiger partial charge in [-0.15, -0.1) is 39.7 Å². The van der Waals surface area contributed by atoms with Gasteiger partial charge in [0.15, 0.2) is 0 Å². The minimum Gasteiger partial charge on any atom is -1.00 e. The van der Waals surface area contributed by atoms with Gasteiger partial charge in [-0.25, -0.2) is 6.08 Å². The summed E-state index contributed by atoms with van der Waals surface area (Å²) >= 11 is 0. The smallest absolute Gasteiger partial charge is 1.00 e. The van der Waals surface area contributed by atoms with E-state index in [1.165, 1.54) is 55.8 Å². The molecule has 3 aromatic carbocycles. The van der Waals surface area contributed by atoms with Crippen LogP contribution in [-0.2, 0) is 37.0 Å². The van der Waals surface area contributed by atoms with Crippen LogP contribution in [0.2, 0.25) is 0 Å². The second kappa shape index (κ2) is 13.1. The first-order valence-corrected chi connectivity index (χ1v) is 13.0. The molecular weight excluding hydrogens is 571 g/mol. The van der Waals surface area contributed by atoms with E-state index in [2.05, 4.69) is 132 Å². The van der Waals surface area contributed by atoms with Crippen molar-refractivity contribution >= 4 is 21.5 Å². The third-order valence-electron chi connectivity index (χ3n) is 7.15. The molecule has 0 heterocycles. The third-order valence-corrected chi connectivity index (χ3v) is 7.15. The quantitative estimate of drug-likeness (QED) is 0.358. The van der Waals surface area contributed by atoms with Gasteiger partial charge in [0, 0.05) is 0 Å². The Balaban J connectivity index is 0.000000795. The molecule has 0 fully saturated rings. The predicted molar refractivity (Wildman–Crippen MR) is 153 cm³/mol. The summed E-state index contributed by atoms with van der Waals surface area (Å²) in [5, 5.41) is 5.55. The van der Waals surface area contributed by atoms with Crippen LogP contribution in [0.15, 0.2) is 48.1 Å². The molecule has 3 aromatic rings. The fourth-order valence-electron chi connectivity index (χ4n) is 5.16. The van der Waals surface area contributed by atoms with Gasteiger partial charge in [0.05, 0.1) is 0 Å². The van der Waals surface area contributed by atoms with Crippen LogP contribution in [0.5, 0.6) is 0 Å². The Morgan fingerprint density at radius 1 is 0.703 bits per heavy atom. The number of fused-ring (bicyclic) bond motifs is 3. The molecule has 0 bridgehead atoms. The summed E-state index contributed by atoms with van der Waals surface area (Å²) in [6, 6.07) is 11.9. The molecule has 0 aliphatic heterocycles. The van der Waals surface area contributed by atoms with Gasteiger partial charge < -0.3 is 24.8 Å². The van der Waals surface area contributed by atoms with Crippen molar-refractivity contribution in [3.8, 4) is 0 Å². The van der Waals surface area contributed by atoms with E-state index in [-0.39, 0.29) is 61.8 Å². The minimum atomic E-state index is 0. The molecular formula is C34H46Cl2Zr. The maximum absolute atomic E-state index is 3.35. The van der Waals surface area contributed by atoms with E-state index in [1.54, 1.807) is 0 Å². The average Bonchev–Trinajstić information content (AvgIpc) is 3.29. The third kappa shape index (κ3) is 8.37. The van der Waals surface area contributed by atoms with Crippen LogP contribution in [0, 0.1) is 31.3 Å². The Labute approximate surface area is 259 Å². The number of allylic oxidation sites excluding steroid dienone is 4. The second-order valence-corrected chi connectivity index (χ2v) is 13.4. The fourth-order valence-corrected chi connectivity index (χ4v) is 5.16. The number of aryl methyl sites for hydroxylation is 2. The predicted octanol–water partition coefficient (Wildman–Crippen LogP) is 4.29. The normalized spacial score (nSPS) is 15.4. The Bertz CT molecular complexity index is 1180. The van der Waals surface area contributed by atoms with Crippen LogP contribution in [0.3, 0.4) is 0 Å². The van der Waals surface area contributed by atoms with Gasteiger partial charge in [-0.1, -0.05) is 121 Å².